The van der Waals surface area contributed by atoms with E-state index in [2.05, 4.69) is 21.6 Å². The first-order chi connectivity index (χ1) is 19.3. The standard InChI is InChI=1S/C31H36O9/c32-26-19-23(29(35)38-26)17-13-9-4-2-1-3-7-11-15-22(25-21-28(34)40-31(25)37)16-12-8-5-6-10-14-18-24-20-27(33)39-30(24)36/h1-2,8,10-15,17,22-25H,3-7,9,16,18-21H2/b2-1-,12-8-,14-10-,15-11-,17-13-. The molecule has 4 unspecified atom stereocenters. The van der Waals surface area contributed by atoms with E-state index >= 15 is 0 Å². The van der Waals surface area contributed by atoms with E-state index in [9.17, 15) is 28.8 Å². The molecule has 40 heavy (non-hydrogen) atoms. The van der Waals surface area contributed by atoms with Crippen LogP contribution in [0.5, 0.6) is 0 Å². The number of ether oxygens (including phenoxy) is 3. The Labute approximate surface area is 234 Å². The van der Waals surface area contributed by atoms with Crippen molar-refractivity contribution in [1.82, 2.24) is 0 Å². The van der Waals surface area contributed by atoms with Gasteiger partial charge in [0.25, 0.3) is 0 Å². The second-order valence-corrected chi connectivity index (χ2v) is 10.0. The van der Waals surface area contributed by atoms with Crippen molar-refractivity contribution in [2.24, 2.45) is 23.7 Å². The van der Waals surface area contributed by atoms with Crippen molar-refractivity contribution >= 4 is 35.8 Å². The predicted molar refractivity (Wildman–Crippen MR) is 144 cm³/mol. The van der Waals surface area contributed by atoms with Crippen LogP contribution >= 0.6 is 0 Å². The lowest BCUT2D eigenvalue weighted by molar-refractivity contribution is -0.155. The quantitative estimate of drug-likeness (QED) is 0.0873. The maximum atomic E-state index is 12.1. The fourth-order valence-electron chi connectivity index (χ4n) is 4.63. The molecular weight excluding hydrogens is 516 g/mol. The largest absolute Gasteiger partial charge is 0.393 e. The van der Waals surface area contributed by atoms with Crippen molar-refractivity contribution in [2.45, 2.75) is 70.6 Å². The monoisotopic (exact) mass is 552 g/mol. The first kappa shape index (κ1) is 30.7. The summed E-state index contributed by atoms with van der Waals surface area (Å²) in [7, 11) is 0. The van der Waals surface area contributed by atoms with Crippen LogP contribution in [-0.2, 0) is 43.0 Å². The van der Waals surface area contributed by atoms with Gasteiger partial charge >= 0.3 is 35.8 Å². The molecule has 3 aliphatic rings. The van der Waals surface area contributed by atoms with Gasteiger partial charge in [0.1, 0.15) is 0 Å². The number of carbonyl (C=O) groups is 6. The molecule has 0 radical (unpaired) electrons. The molecule has 0 aromatic rings. The highest BCUT2D eigenvalue weighted by Crippen LogP contribution is 2.29. The maximum absolute atomic E-state index is 12.1. The lowest BCUT2D eigenvalue weighted by Gasteiger charge is -2.14. The molecule has 0 bridgehead atoms. The molecule has 0 saturated carbocycles. The Kier molecular flexibility index (Phi) is 12.5. The Morgan fingerprint density at radius 2 is 1.12 bits per heavy atom. The van der Waals surface area contributed by atoms with Crippen molar-refractivity contribution in [3.63, 3.8) is 0 Å². The molecule has 9 nitrogen and oxygen atoms in total. The summed E-state index contributed by atoms with van der Waals surface area (Å²) in [6.45, 7) is 0. The van der Waals surface area contributed by atoms with Crippen LogP contribution in [0, 0.1) is 23.7 Å². The van der Waals surface area contributed by atoms with E-state index in [1.54, 1.807) is 6.08 Å². The third-order valence-corrected chi connectivity index (χ3v) is 6.87. The van der Waals surface area contributed by atoms with Crippen molar-refractivity contribution in [3.8, 4) is 0 Å². The summed E-state index contributed by atoms with van der Waals surface area (Å²) in [5, 5.41) is 0. The molecule has 3 heterocycles. The number of allylic oxidation sites excluding steroid dienone is 9. The van der Waals surface area contributed by atoms with E-state index in [0.29, 0.717) is 12.8 Å². The number of hydrogen-bond donors (Lipinski definition) is 0. The Hall–Kier alpha value is -3.88. The normalized spacial score (nSPS) is 24.6. The highest BCUT2D eigenvalue weighted by atomic mass is 16.6. The van der Waals surface area contributed by atoms with Gasteiger partial charge in [-0.25, -0.2) is 0 Å². The van der Waals surface area contributed by atoms with E-state index in [1.807, 2.05) is 42.5 Å². The highest BCUT2D eigenvalue weighted by Gasteiger charge is 2.37. The van der Waals surface area contributed by atoms with Gasteiger partial charge in [-0.2, -0.15) is 0 Å². The van der Waals surface area contributed by atoms with Crippen molar-refractivity contribution in [3.05, 3.63) is 60.8 Å². The first-order valence-electron chi connectivity index (χ1n) is 13.9. The van der Waals surface area contributed by atoms with Crippen LogP contribution in [0.3, 0.4) is 0 Å². The van der Waals surface area contributed by atoms with E-state index in [-0.39, 0.29) is 31.1 Å². The van der Waals surface area contributed by atoms with Crippen LogP contribution in [0.2, 0.25) is 0 Å². The van der Waals surface area contributed by atoms with Gasteiger partial charge in [-0.1, -0.05) is 60.8 Å². The second-order valence-electron chi connectivity index (χ2n) is 10.0. The van der Waals surface area contributed by atoms with E-state index in [4.69, 9.17) is 4.74 Å². The number of carbonyl (C=O) groups excluding carboxylic acids is 6. The zero-order valence-electron chi connectivity index (χ0n) is 22.5. The van der Waals surface area contributed by atoms with Crippen molar-refractivity contribution in [2.75, 3.05) is 0 Å². The zero-order chi connectivity index (χ0) is 28.7. The molecule has 4 atom stereocenters. The molecule has 0 aromatic heterocycles. The summed E-state index contributed by atoms with van der Waals surface area (Å²) < 4.78 is 13.8. The Morgan fingerprint density at radius 3 is 1.73 bits per heavy atom. The van der Waals surface area contributed by atoms with Crippen LogP contribution in [0.15, 0.2) is 60.8 Å². The molecular formula is C31H36O9. The topological polar surface area (TPSA) is 130 Å². The highest BCUT2D eigenvalue weighted by molar-refractivity contribution is 5.96. The molecule has 0 amide bonds. The lowest BCUT2D eigenvalue weighted by Crippen LogP contribution is -2.17. The maximum Gasteiger partial charge on any atom is 0.321 e. The number of unbranched alkanes of at least 4 members (excludes halogenated alkanes) is 3. The average molecular weight is 553 g/mol. The molecule has 3 fully saturated rings. The number of esters is 6. The third kappa shape index (κ3) is 10.4. The van der Waals surface area contributed by atoms with Crippen LogP contribution < -0.4 is 0 Å². The summed E-state index contributed by atoms with van der Waals surface area (Å²) >= 11 is 0. The first-order valence-corrected chi connectivity index (χ1v) is 13.9. The molecule has 0 aliphatic carbocycles. The molecule has 3 saturated heterocycles. The summed E-state index contributed by atoms with van der Waals surface area (Å²) in [5.74, 6) is -4.26. The Morgan fingerprint density at radius 1 is 0.575 bits per heavy atom. The molecule has 0 spiro atoms. The van der Waals surface area contributed by atoms with Crippen LogP contribution in [0.4, 0.5) is 0 Å². The number of hydrogen-bond acceptors (Lipinski definition) is 9. The molecule has 3 rings (SSSR count). The SMILES string of the molecule is O=C1CC(/C=C\CC/C=C\CC/C=C\C(C/C=C\CC/C=C\CC2CC(=O)OC2=O)C2CC(=O)OC2=O)C(=O)O1. The molecule has 3 aliphatic heterocycles. The predicted octanol–water partition coefficient (Wildman–Crippen LogP) is 4.77. The Balaban J connectivity index is 1.34. The molecule has 0 aromatic carbocycles. The Bertz CT molecular complexity index is 1110. The second kappa shape index (κ2) is 16.3. The molecule has 9 heteroatoms. The minimum Gasteiger partial charge on any atom is -0.393 e. The molecule has 214 valence electrons. The summed E-state index contributed by atoms with van der Waals surface area (Å²) in [5.41, 5.74) is 0. The van der Waals surface area contributed by atoms with Crippen molar-refractivity contribution < 1.29 is 43.0 Å². The number of cyclic esters (lactones) is 6. The smallest absolute Gasteiger partial charge is 0.321 e. The summed E-state index contributed by atoms with van der Waals surface area (Å²) in [6.07, 6.45) is 26.0. The van der Waals surface area contributed by atoms with Crippen molar-refractivity contribution in [1.29, 1.82) is 0 Å². The van der Waals surface area contributed by atoms with Gasteiger partial charge in [0.15, 0.2) is 0 Å². The third-order valence-electron chi connectivity index (χ3n) is 6.87. The zero-order valence-corrected chi connectivity index (χ0v) is 22.5. The minimum atomic E-state index is -0.483. The van der Waals surface area contributed by atoms with Crippen LogP contribution in [0.25, 0.3) is 0 Å². The summed E-state index contributed by atoms with van der Waals surface area (Å²) in [6, 6.07) is 0. The van der Waals surface area contributed by atoms with Crippen LogP contribution in [-0.4, -0.2) is 35.8 Å². The number of rotatable bonds is 16. The van der Waals surface area contributed by atoms with E-state index in [0.717, 1.165) is 38.5 Å². The van der Waals surface area contributed by atoms with Crippen LogP contribution in [0.1, 0.15) is 70.6 Å². The van der Waals surface area contributed by atoms with Gasteiger partial charge in [0, 0.05) is 0 Å². The van der Waals surface area contributed by atoms with Gasteiger partial charge in [-0.3, -0.25) is 28.8 Å². The van der Waals surface area contributed by atoms with Gasteiger partial charge in [-0.05, 0) is 57.3 Å². The van der Waals surface area contributed by atoms with E-state index in [1.165, 1.54) is 0 Å². The average Bonchev–Trinajstić information content (AvgIpc) is 3.53. The molecule has 0 N–H and O–H groups in total. The lowest BCUT2D eigenvalue weighted by atomic mass is 9.87. The summed E-state index contributed by atoms with van der Waals surface area (Å²) in [4.78, 5) is 68.8. The minimum absolute atomic E-state index is 0.0939. The fourth-order valence-corrected chi connectivity index (χ4v) is 4.63. The van der Waals surface area contributed by atoms with Gasteiger partial charge in [0.05, 0.1) is 37.0 Å². The van der Waals surface area contributed by atoms with E-state index < -0.39 is 47.7 Å². The van der Waals surface area contributed by atoms with Gasteiger partial charge in [-0.15, -0.1) is 0 Å². The fraction of sp³-hybridized carbons (Fsp3) is 0.484. The van der Waals surface area contributed by atoms with Gasteiger partial charge < -0.3 is 14.2 Å². The van der Waals surface area contributed by atoms with Gasteiger partial charge in [0.2, 0.25) is 0 Å².